The third-order valence-corrected chi connectivity index (χ3v) is 3.85. The number of hydrogen-bond donors (Lipinski definition) is 2. The minimum atomic E-state index is -1.01. The number of anilines is 1. The molecule has 0 aromatic carbocycles. The maximum atomic E-state index is 11.1. The molecule has 1 aromatic rings. The summed E-state index contributed by atoms with van der Waals surface area (Å²) >= 11 is 0. The molecule has 1 aromatic heterocycles. The second-order valence-corrected chi connectivity index (χ2v) is 5.55. The van der Waals surface area contributed by atoms with E-state index in [-0.39, 0.29) is 10.8 Å². The van der Waals surface area contributed by atoms with Crippen molar-refractivity contribution in [2.75, 3.05) is 18.1 Å². The number of aromatic nitrogens is 1. The van der Waals surface area contributed by atoms with Gasteiger partial charge in [0.25, 0.3) is 0 Å². The smallest absolute Gasteiger partial charge is 0.339 e. The molecule has 94 valence electrons. The molecule has 0 aliphatic rings. The van der Waals surface area contributed by atoms with E-state index in [0.29, 0.717) is 12.2 Å². The van der Waals surface area contributed by atoms with Crippen molar-refractivity contribution in [2.24, 2.45) is 0 Å². The zero-order valence-corrected chi connectivity index (χ0v) is 10.7. The van der Waals surface area contributed by atoms with E-state index in [4.69, 9.17) is 5.11 Å². The van der Waals surface area contributed by atoms with Crippen LogP contribution in [0.25, 0.3) is 0 Å². The summed E-state index contributed by atoms with van der Waals surface area (Å²) < 4.78 is 11.1. The highest BCUT2D eigenvalue weighted by Crippen LogP contribution is 2.13. The lowest BCUT2D eigenvalue weighted by molar-refractivity contribution is 0.0697. The molecule has 0 saturated carbocycles. The predicted molar refractivity (Wildman–Crippen MR) is 67.8 cm³/mol. The van der Waals surface area contributed by atoms with E-state index < -0.39 is 16.8 Å². The highest BCUT2D eigenvalue weighted by Gasteiger charge is 2.10. The topological polar surface area (TPSA) is 79.3 Å². The van der Waals surface area contributed by atoms with Crippen LogP contribution in [0.2, 0.25) is 0 Å². The van der Waals surface area contributed by atoms with Crippen molar-refractivity contribution in [3.8, 4) is 0 Å². The molecule has 1 heterocycles. The van der Waals surface area contributed by atoms with Crippen LogP contribution in [0.5, 0.6) is 0 Å². The molecule has 0 bridgehead atoms. The first-order valence-electron chi connectivity index (χ1n) is 5.25. The molecule has 0 amide bonds. The molecule has 0 aliphatic heterocycles. The third kappa shape index (κ3) is 4.14. The van der Waals surface area contributed by atoms with E-state index in [1.807, 2.05) is 6.92 Å². The predicted octanol–water partition coefficient (Wildman–Crippen LogP) is 1.35. The summed E-state index contributed by atoms with van der Waals surface area (Å²) in [7, 11) is -0.851. The van der Waals surface area contributed by atoms with Gasteiger partial charge in [-0.3, -0.25) is 9.19 Å². The van der Waals surface area contributed by atoms with Crippen molar-refractivity contribution in [1.82, 2.24) is 4.98 Å². The summed E-state index contributed by atoms with van der Waals surface area (Å²) in [6.45, 7) is 2.49. The van der Waals surface area contributed by atoms with Crippen molar-refractivity contribution >= 4 is 22.5 Å². The zero-order chi connectivity index (χ0) is 12.8. The van der Waals surface area contributed by atoms with E-state index in [0.717, 1.165) is 6.42 Å². The molecular formula is C11H16N2O3S. The molecule has 0 radical (unpaired) electrons. The number of nitrogens with zero attached hydrogens (tertiary/aromatic N) is 1. The van der Waals surface area contributed by atoms with E-state index >= 15 is 0 Å². The Bertz CT molecular complexity index is 423. The molecule has 0 spiro atoms. The largest absolute Gasteiger partial charge is 0.478 e. The molecule has 5 nitrogen and oxygen atoms in total. The van der Waals surface area contributed by atoms with E-state index in [9.17, 15) is 9.00 Å². The number of hydrogen-bond acceptors (Lipinski definition) is 4. The summed E-state index contributed by atoms with van der Waals surface area (Å²) in [4.78, 5) is 14.7. The molecule has 6 heteroatoms. The fourth-order valence-electron chi connectivity index (χ4n) is 1.30. The van der Waals surface area contributed by atoms with E-state index in [2.05, 4.69) is 10.3 Å². The molecule has 0 aliphatic carbocycles. The van der Waals surface area contributed by atoms with Crippen molar-refractivity contribution in [3.63, 3.8) is 0 Å². The summed E-state index contributed by atoms with van der Waals surface area (Å²) in [5.41, 5.74) is 0.694. The molecule has 17 heavy (non-hydrogen) atoms. The Morgan fingerprint density at radius 2 is 2.35 bits per heavy atom. The van der Waals surface area contributed by atoms with Gasteiger partial charge in [-0.15, -0.1) is 0 Å². The van der Waals surface area contributed by atoms with Crippen LogP contribution in [0.3, 0.4) is 0 Å². The lowest BCUT2D eigenvalue weighted by Gasteiger charge is -2.11. The van der Waals surface area contributed by atoms with Gasteiger partial charge in [0.1, 0.15) is 5.56 Å². The second kappa shape index (κ2) is 6.34. The molecule has 2 atom stereocenters. The van der Waals surface area contributed by atoms with Gasteiger partial charge in [-0.25, -0.2) is 4.79 Å². The number of carboxylic acids is 1. The van der Waals surface area contributed by atoms with Gasteiger partial charge in [-0.2, -0.15) is 0 Å². The maximum Gasteiger partial charge on any atom is 0.339 e. The van der Waals surface area contributed by atoms with Gasteiger partial charge < -0.3 is 10.4 Å². The van der Waals surface area contributed by atoms with Crippen LogP contribution in [0.15, 0.2) is 18.5 Å². The summed E-state index contributed by atoms with van der Waals surface area (Å²) in [5, 5.41) is 12.1. The van der Waals surface area contributed by atoms with Gasteiger partial charge in [-0.05, 0) is 12.5 Å². The highest BCUT2D eigenvalue weighted by molar-refractivity contribution is 7.84. The minimum Gasteiger partial charge on any atom is -0.478 e. The van der Waals surface area contributed by atoms with Gasteiger partial charge in [-0.1, -0.05) is 6.92 Å². The first-order chi connectivity index (χ1) is 8.02. The average molecular weight is 256 g/mol. The van der Waals surface area contributed by atoms with Crippen LogP contribution in [0, 0.1) is 0 Å². The van der Waals surface area contributed by atoms with Crippen molar-refractivity contribution in [1.29, 1.82) is 0 Å². The molecule has 0 saturated heterocycles. The first kappa shape index (κ1) is 13.6. The Morgan fingerprint density at radius 1 is 1.65 bits per heavy atom. The van der Waals surface area contributed by atoms with Gasteiger partial charge >= 0.3 is 5.97 Å². The Morgan fingerprint density at radius 3 is 2.94 bits per heavy atom. The molecular weight excluding hydrogens is 240 g/mol. The summed E-state index contributed by atoms with van der Waals surface area (Å²) in [6, 6.07) is 1.62. The molecule has 2 N–H and O–H groups in total. The number of carbonyl (C=O) groups is 1. The second-order valence-electron chi connectivity index (χ2n) is 3.75. The Balaban J connectivity index is 2.58. The lowest BCUT2D eigenvalue weighted by Crippen LogP contribution is -2.16. The number of carboxylic acid groups (broad SMARTS) is 1. The van der Waals surface area contributed by atoms with Crippen LogP contribution >= 0.6 is 0 Å². The van der Waals surface area contributed by atoms with Crippen LogP contribution in [-0.4, -0.2) is 38.3 Å². The summed E-state index contributed by atoms with van der Waals surface area (Å²) in [6.07, 6.45) is 5.24. The standard InChI is InChI=1S/C11H16N2O3S/c1-8(17(2)16)3-6-13-10-4-5-12-7-9(10)11(14)15/h4-5,7-8H,3,6H2,1-2H3,(H,12,13)(H,14,15). The Labute approximate surface area is 103 Å². The Hall–Kier alpha value is -1.43. The van der Waals surface area contributed by atoms with Crippen LogP contribution < -0.4 is 5.32 Å². The number of nitrogens with one attached hydrogen (secondary N) is 1. The Kier molecular flexibility index (Phi) is 5.09. The quantitative estimate of drug-likeness (QED) is 0.803. The molecule has 0 fully saturated rings. The monoisotopic (exact) mass is 256 g/mol. The van der Waals surface area contributed by atoms with E-state index in [1.54, 1.807) is 12.3 Å². The van der Waals surface area contributed by atoms with Crippen molar-refractivity contribution in [3.05, 3.63) is 24.0 Å². The maximum absolute atomic E-state index is 11.1. The SMILES string of the molecule is CC(CCNc1ccncc1C(=O)O)S(C)=O. The van der Waals surface area contributed by atoms with Gasteiger partial charge in [0, 0.05) is 41.2 Å². The molecule has 2 unspecified atom stereocenters. The third-order valence-electron chi connectivity index (χ3n) is 2.48. The first-order valence-corrected chi connectivity index (χ1v) is 6.88. The highest BCUT2D eigenvalue weighted by atomic mass is 32.2. The fourth-order valence-corrected chi connectivity index (χ4v) is 1.74. The zero-order valence-electron chi connectivity index (χ0n) is 9.84. The van der Waals surface area contributed by atoms with Gasteiger partial charge in [0.05, 0.1) is 5.69 Å². The molecule has 1 rings (SSSR count). The number of aromatic carboxylic acids is 1. The lowest BCUT2D eigenvalue weighted by atomic mass is 10.2. The van der Waals surface area contributed by atoms with Crippen LogP contribution in [-0.2, 0) is 10.8 Å². The van der Waals surface area contributed by atoms with Gasteiger partial charge in [0.2, 0.25) is 0 Å². The number of rotatable bonds is 6. The summed E-state index contributed by atoms with van der Waals surface area (Å²) in [5.74, 6) is -1.01. The minimum absolute atomic E-state index is 0.0950. The van der Waals surface area contributed by atoms with E-state index in [1.165, 1.54) is 12.4 Å². The van der Waals surface area contributed by atoms with Gasteiger partial charge in [0.15, 0.2) is 0 Å². The van der Waals surface area contributed by atoms with Crippen LogP contribution in [0.4, 0.5) is 5.69 Å². The van der Waals surface area contributed by atoms with Crippen LogP contribution in [0.1, 0.15) is 23.7 Å². The normalized spacial score (nSPS) is 14.0. The number of pyridine rings is 1. The van der Waals surface area contributed by atoms with Crippen molar-refractivity contribution in [2.45, 2.75) is 18.6 Å². The van der Waals surface area contributed by atoms with Crippen molar-refractivity contribution < 1.29 is 14.1 Å². The fraction of sp³-hybridized carbons (Fsp3) is 0.455. The average Bonchev–Trinajstić information content (AvgIpc) is 2.29.